The maximum Gasteiger partial charge on any atom is 0.407 e. The first-order chi connectivity index (χ1) is 21.1. The van der Waals surface area contributed by atoms with Crippen LogP contribution in [-0.2, 0) is 28.5 Å². The van der Waals surface area contributed by atoms with Crippen LogP contribution in [0.15, 0.2) is 30.3 Å². The summed E-state index contributed by atoms with van der Waals surface area (Å²) in [5.74, 6) is 0.469. The van der Waals surface area contributed by atoms with E-state index in [0.717, 1.165) is 5.69 Å². The van der Waals surface area contributed by atoms with Crippen LogP contribution in [0, 0.1) is 0 Å². The molecule has 1 saturated heterocycles. The van der Waals surface area contributed by atoms with Gasteiger partial charge >= 0.3 is 6.09 Å². The highest BCUT2D eigenvalue weighted by Gasteiger charge is 2.23. The van der Waals surface area contributed by atoms with Crippen LogP contribution < -0.4 is 16.0 Å². The molecule has 1 aromatic heterocycles. The van der Waals surface area contributed by atoms with Crippen LogP contribution in [0.1, 0.15) is 27.2 Å². The molecule has 0 unspecified atom stereocenters. The standard InChI is InChI=1S/C30H46N6O8/c1-30(2,3)44-29(39)32-9-15-41-17-19-43-21-20-42-18-16-40-14-8-27(38)36-12-10-35(11-13-36)25-22-24(33-34-28(25)31)23-6-4-5-7-26(23)37/h4-7,22,37H,8-21H2,1-3H3,(H2,31,34)(H,32,39). The number of para-hydroxylation sites is 1. The molecule has 244 valence electrons. The van der Waals surface area contributed by atoms with Gasteiger partial charge in [-0.15, -0.1) is 10.2 Å². The number of nitrogens with zero attached hydrogens (tertiary/aromatic N) is 4. The number of alkyl carbamates (subject to hydrolysis) is 1. The Hall–Kier alpha value is -3.72. The van der Waals surface area contributed by atoms with E-state index in [1.165, 1.54) is 0 Å². The van der Waals surface area contributed by atoms with Gasteiger partial charge in [0.15, 0.2) is 5.82 Å². The first kappa shape index (κ1) is 34.8. The molecule has 1 aromatic carbocycles. The summed E-state index contributed by atoms with van der Waals surface area (Å²) in [7, 11) is 0. The van der Waals surface area contributed by atoms with Crippen LogP contribution >= 0.6 is 0 Å². The number of aromatic hydroxyl groups is 1. The lowest BCUT2D eigenvalue weighted by atomic mass is 10.1. The third kappa shape index (κ3) is 12.5. The quantitative estimate of drug-likeness (QED) is 0.221. The number of nitrogens with one attached hydrogen (secondary N) is 1. The molecule has 3 rings (SSSR count). The van der Waals surface area contributed by atoms with E-state index in [-0.39, 0.29) is 11.7 Å². The molecule has 1 aliphatic heterocycles. The molecule has 0 radical (unpaired) electrons. The van der Waals surface area contributed by atoms with Gasteiger partial charge in [-0.05, 0) is 39.0 Å². The number of piperazine rings is 1. The third-order valence-corrected chi connectivity index (χ3v) is 6.45. The van der Waals surface area contributed by atoms with Crippen molar-refractivity contribution in [2.45, 2.75) is 32.8 Å². The number of hydrogen-bond acceptors (Lipinski definition) is 12. The number of nitrogens with two attached hydrogens (primary N) is 1. The molecule has 14 heteroatoms. The van der Waals surface area contributed by atoms with Crippen molar-refractivity contribution in [1.82, 2.24) is 20.4 Å². The SMILES string of the molecule is CC(C)(C)OC(=O)NCCOCCOCCOCCOCCC(=O)N1CCN(c2cc(-c3ccccc3O)nnc2N)CC1. The Morgan fingerprint density at radius 1 is 0.886 bits per heavy atom. The van der Waals surface area contributed by atoms with Gasteiger partial charge < -0.3 is 49.6 Å². The average Bonchev–Trinajstić information content (AvgIpc) is 2.99. The highest BCUT2D eigenvalue weighted by Crippen LogP contribution is 2.31. The monoisotopic (exact) mass is 618 g/mol. The van der Waals surface area contributed by atoms with Gasteiger partial charge in [0.1, 0.15) is 11.4 Å². The van der Waals surface area contributed by atoms with E-state index in [4.69, 9.17) is 29.4 Å². The minimum atomic E-state index is -0.525. The molecule has 2 amide bonds. The number of aromatic nitrogens is 2. The van der Waals surface area contributed by atoms with E-state index in [1.807, 2.05) is 37.8 Å². The highest BCUT2D eigenvalue weighted by molar-refractivity contribution is 5.77. The van der Waals surface area contributed by atoms with Crippen molar-refractivity contribution in [2.75, 3.05) is 96.2 Å². The van der Waals surface area contributed by atoms with E-state index in [1.54, 1.807) is 18.2 Å². The number of carbonyl (C=O) groups is 2. The van der Waals surface area contributed by atoms with Crippen LogP contribution in [0.4, 0.5) is 16.3 Å². The van der Waals surface area contributed by atoms with Crippen molar-refractivity contribution in [3.8, 4) is 17.0 Å². The van der Waals surface area contributed by atoms with Crippen molar-refractivity contribution in [2.24, 2.45) is 0 Å². The average molecular weight is 619 g/mol. The Kier molecular flexibility index (Phi) is 14.4. The molecule has 44 heavy (non-hydrogen) atoms. The molecule has 0 saturated carbocycles. The number of hydrogen-bond donors (Lipinski definition) is 3. The van der Waals surface area contributed by atoms with Gasteiger partial charge in [-0.25, -0.2) is 4.79 Å². The van der Waals surface area contributed by atoms with E-state index in [9.17, 15) is 14.7 Å². The van der Waals surface area contributed by atoms with Gasteiger partial charge in [-0.3, -0.25) is 4.79 Å². The second-order valence-corrected chi connectivity index (χ2v) is 11.0. The van der Waals surface area contributed by atoms with Crippen LogP contribution in [0.2, 0.25) is 0 Å². The predicted octanol–water partition coefficient (Wildman–Crippen LogP) is 2.06. The van der Waals surface area contributed by atoms with Gasteiger partial charge in [-0.2, -0.15) is 0 Å². The molecule has 2 aromatic rings. The number of phenolic OH excluding ortho intramolecular Hbond substituents is 1. The summed E-state index contributed by atoms with van der Waals surface area (Å²) in [5, 5.41) is 21.0. The minimum absolute atomic E-state index is 0.0394. The van der Waals surface area contributed by atoms with Gasteiger partial charge in [-0.1, -0.05) is 12.1 Å². The molecule has 1 fully saturated rings. The normalized spacial score (nSPS) is 13.6. The van der Waals surface area contributed by atoms with Crippen molar-refractivity contribution in [3.05, 3.63) is 30.3 Å². The smallest absolute Gasteiger partial charge is 0.407 e. The van der Waals surface area contributed by atoms with E-state index >= 15 is 0 Å². The highest BCUT2D eigenvalue weighted by atomic mass is 16.6. The summed E-state index contributed by atoms with van der Waals surface area (Å²) in [5.41, 5.74) is 7.43. The lowest BCUT2D eigenvalue weighted by molar-refractivity contribution is -0.132. The Balaban J connectivity index is 1.17. The van der Waals surface area contributed by atoms with Gasteiger partial charge in [0.05, 0.1) is 70.7 Å². The largest absolute Gasteiger partial charge is 0.507 e. The zero-order chi connectivity index (χ0) is 31.8. The molecular formula is C30H46N6O8. The molecule has 1 aliphatic rings. The summed E-state index contributed by atoms with van der Waals surface area (Å²) in [4.78, 5) is 28.1. The molecule has 0 bridgehead atoms. The fourth-order valence-electron chi connectivity index (χ4n) is 4.28. The zero-order valence-electron chi connectivity index (χ0n) is 26.0. The number of phenols is 1. The topological polar surface area (TPSA) is 171 Å². The first-order valence-corrected chi connectivity index (χ1v) is 14.9. The molecule has 0 atom stereocenters. The van der Waals surface area contributed by atoms with Gasteiger partial charge in [0.2, 0.25) is 5.91 Å². The molecular weight excluding hydrogens is 572 g/mol. The maximum atomic E-state index is 12.7. The summed E-state index contributed by atoms with van der Waals surface area (Å²) in [6, 6.07) is 8.76. The number of rotatable bonds is 17. The van der Waals surface area contributed by atoms with Crippen molar-refractivity contribution in [1.29, 1.82) is 0 Å². The lowest BCUT2D eigenvalue weighted by Crippen LogP contribution is -2.49. The van der Waals surface area contributed by atoms with E-state index < -0.39 is 11.7 Å². The molecule has 0 aliphatic carbocycles. The van der Waals surface area contributed by atoms with Crippen molar-refractivity contribution < 1.29 is 38.4 Å². The Labute approximate surface area is 258 Å². The second kappa shape index (κ2) is 18.2. The summed E-state index contributed by atoms with van der Waals surface area (Å²) >= 11 is 0. The van der Waals surface area contributed by atoms with Gasteiger partial charge in [0, 0.05) is 38.3 Å². The lowest BCUT2D eigenvalue weighted by Gasteiger charge is -2.36. The van der Waals surface area contributed by atoms with Crippen LogP contribution in [0.5, 0.6) is 5.75 Å². The van der Waals surface area contributed by atoms with Crippen LogP contribution in [0.3, 0.4) is 0 Å². The summed E-state index contributed by atoms with van der Waals surface area (Å²) in [6.45, 7) is 11.3. The number of amides is 2. The Morgan fingerprint density at radius 2 is 1.48 bits per heavy atom. The fraction of sp³-hybridized carbons (Fsp3) is 0.600. The van der Waals surface area contributed by atoms with E-state index in [0.29, 0.717) is 109 Å². The zero-order valence-corrected chi connectivity index (χ0v) is 26.0. The molecule has 2 heterocycles. The number of nitrogen functional groups attached to an aromatic ring is 1. The number of ether oxygens (including phenoxy) is 5. The van der Waals surface area contributed by atoms with Crippen molar-refractivity contribution in [3.63, 3.8) is 0 Å². The van der Waals surface area contributed by atoms with Gasteiger partial charge in [0.25, 0.3) is 0 Å². The van der Waals surface area contributed by atoms with Crippen molar-refractivity contribution >= 4 is 23.5 Å². The summed E-state index contributed by atoms with van der Waals surface area (Å²) in [6.07, 6.45) is -0.167. The maximum absolute atomic E-state index is 12.7. The van der Waals surface area contributed by atoms with E-state index in [2.05, 4.69) is 20.4 Å². The predicted molar refractivity (Wildman–Crippen MR) is 164 cm³/mol. The number of benzene rings is 1. The number of carbonyl (C=O) groups excluding carboxylic acids is 2. The Morgan fingerprint density at radius 3 is 2.09 bits per heavy atom. The van der Waals surface area contributed by atoms with Crippen LogP contribution in [-0.4, -0.2) is 123 Å². The molecule has 14 nitrogen and oxygen atoms in total. The third-order valence-electron chi connectivity index (χ3n) is 6.45. The fourth-order valence-corrected chi connectivity index (χ4v) is 4.28. The second-order valence-electron chi connectivity index (χ2n) is 11.0. The summed E-state index contributed by atoms with van der Waals surface area (Å²) < 4.78 is 27.0. The molecule has 4 N–H and O–H groups in total. The minimum Gasteiger partial charge on any atom is -0.507 e. The molecule has 0 spiro atoms. The number of anilines is 2. The Bertz CT molecular complexity index is 1170. The van der Waals surface area contributed by atoms with Crippen LogP contribution in [0.25, 0.3) is 11.3 Å². The first-order valence-electron chi connectivity index (χ1n) is 14.9.